The molecule has 0 radical (unpaired) electrons. The van der Waals surface area contributed by atoms with Crippen molar-refractivity contribution in [2.24, 2.45) is 5.16 Å². The summed E-state index contributed by atoms with van der Waals surface area (Å²) >= 11 is 3.22. The minimum absolute atomic E-state index is 0.0773. The third kappa shape index (κ3) is 5.43. The summed E-state index contributed by atoms with van der Waals surface area (Å²) < 4.78 is 20.1. The zero-order chi connectivity index (χ0) is 18.2. The Bertz CT molecular complexity index is 867. The molecule has 0 fully saturated rings. The van der Waals surface area contributed by atoms with E-state index in [1.807, 2.05) is 54.6 Å². The van der Waals surface area contributed by atoms with Gasteiger partial charge in [-0.3, -0.25) is 0 Å². The van der Waals surface area contributed by atoms with Gasteiger partial charge in [-0.2, -0.15) is 0 Å². The van der Waals surface area contributed by atoms with Crippen LogP contribution < -0.4 is 4.74 Å². The molecule has 0 bridgehead atoms. The van der Waals surface area contributed by atoms with Crippen LogP contribution in [0.4, 0.5) is 4.39 Å². The van der Waals surface area contributed by atoms with Gasteiger partial charge in [0.15, 0.2) is 0 Å². The number of rotatable bonds is 7. The molecule has 0 spiro atoms. The van der Waals surface area contributed by atoms with E-state index in [2.05, 4.69) is 21.1 Å². The first-order chi connectivity index (χ1) is 12.7. The van der Waals surface area contributed by atoms with Crippen molar-refractivity contribution in [1.29, 1.82) is 0 Å². The molecule has 0 unspecified atom stereocenters. The predicted octanol–water partition coefficient (Wildman–Crippen LogP) is 5.72. The van der Waals surface area contributed by atoms with Gasteiger partial charge in [-0.1, -0.05) is 57.5 Å². The molecule has 132 valence electrons. The van der Waals surface area contributed by atoms with Crippen LogP contribution in [0.25, 0.3) is 0 Å². The van der Waals surface area contributed by atoms with Gasteiger partial charge in [0, 0.05) is 10.0 Å². The molecule has 3 aromatic rings. The van der Waals surface area contributed by atoms with Gasteiger partial charge in [0.2, 0.25) is 0 Å². The molecule has 0 saturated heterocycles. The zero-order valence-corrected chi connectivity index (χ0v) is 15.5. The maximum Gasteiger partial charge on any atom is 0.145 e. The molecule has 0 N–H and O–H groups in total. The number of hydrogen-bond acceptors (Lipinski definition) is 3. The normalized spacial score (nSPS) is 10.8. The van der Waals surface area contributed by atoms with Gasteiger partial charge in [-0.25, -0.2) is 4.39 Å². The summed E-state index contributed by atoms with van der Waals surface area (Å²) in [6, 6.07) is 22.3. The summed E-state index contributed by atoms with van der Waals surface area (Å²) in [5.74, 6) is 0.457. The Morgan fingerprint density at radius 3 is 2.42 bits per heavy atom. The minimum atomic E-state index is -0.325. The Morgan fingerprint density at radius 1 is 0.923 bits per heavy atom. The molecule has 0 aromatic heterocycles. The number of benzene rings is 3. The molecular weight excluding hydrogens is 397 g/mol. The Morgan fingerprint density at radius 2 is 1.69 bits per heavy atom. The minimum Gasteiger partial charge on any atom is -0.489 e. The number of nitrogens with zero attached hydrogens (tertiary/aromatic N) is 1. The Kier molecular flexibility index (Phi) is 6.39. The second-order valence-corrected chi connectivity index (χ2v) is 6.50. The fraction of sp³-hybridized carbons (Fsp3) is 0.0952. The summed E-state index contributed by atoms with van der Waals surface area (Å²) in [5.41, 5.74) is 2.44. The molecule has 0 aliphatic heterocycles. The van der Waals surface area contributed by atoms with Crippen molar-refractivity contribution in [3.63, 3.8) is 0 Å². The van der Waals surface area contributed by atoms with Crippen molar-refractivity contribution in [2.75, 3.05) is 0 Å². The molecule has 26 heavy (non-hydrogen) atoms. The fourth-order valence-corrected chi connectivity index (χ4v) is 2.57. The smallest absolute Gasteiger partial charge is 0.145 e. The highest BCUT2D eigenvalue weighted by Gasteiger charge is 2.02. The molecule has 3 nitrogen and oxygen atoms in total. The fourth-order valence-electron chi connectivity index (χ4n) is 2.23. The van der Waals surface area contributed by atoms with Crippen molar-refractivity contribution in [2.45, 2.75) is 13.2 Å². The van der Waals surface area contributed by atoms with Crippen LogP contribution in [0.1, 0.15) is 16.7 Å². The molecule has 0 amide bonds. The van der Waals surface area contributed by atoms with E-state index in [0.717, 1.165) is 16.9 Å². The van der Waals surface area contributed by atoms with E-state index in [0.29, 0.717) is 16.6 Å². The van der Waals surface area contributed by atoms with E-state index < -0.39 is 0 Å². The SMILES string of the molecule is Fc1cc(Br)ccc1CO/N=C\c1ccc(OCc2ccccc2)cc1. The van der Waals surface area contributed by atoms with Gasteiger partial charge < -0.3 is 9.57 Å². The lowest BCUT2D eigenvalue weighted by Gasteiger charge is -2.06. The lowest BCUT2D eigenvalue weighted by atomic mass is 10.2. The van der Waals surface area contributed by atoms with E-state index in [1.165, 1.54) is 6.07 Å². The van der Waals surface area contributed by atoms with Gasteiger partial charge in [0.25, 0.3) is 0 Å². The predicted molar refractivity (Wildman–Crippen MR) is 104 cm³/mol. The second-order valence-electron chi connectivity index (χ2n) is 5.59. The summed E-state index contributed by atoms with van der Waals surface area (Å²) in [5, 5.41) is 3.88. The van der Waals surface area contributed by atoms with Gasteiger partial charge in [0.05, 0.1) is 6.21 Å². The average molecular weight is 414 g/mol. The highest BCUT2D eigenvalue weighted by atomic mass is 79.9. The quantitative estimate of drug-likeness (QED) is 0.366. The lowest BCUT2D eigenvalue weighted by molar-refractivity contribution is 0.129. The van der Waals surface area contributed by atoms with Crippen molar-refractivity contribution in [3.05, 3.63) is 99.8 Å². The molecule has 0 aliphatic carbocycles. The average Bonchev–Trinajstić information content (AvgIpc) is 2.67. The van der Waals surface area contributed by atoms with Crippen molar-refractivity contribution >= 4 is 22.1 Å². The first-order valence-electron chi connectivity index (χ1n) is 8.07. The first kappa shape index (κ1) is 18.1. The summed E-state index contributed by atoms with van der Waals surface area (Å²) in [6.07, 6.45) is 1.58. The van der Waals surface area contributed by atoms with Crippen LogP contribution in [0.2, 0.25) is 0 Å². The van der Waals surface area contributed by atoms with E-state index in [9.17, 15) is 4.39 Å². The first-order valence-corrected chi connectivity index (χ1v) is 8.86. The van der Waals surface area contributed by atoms with E-state index in [1.54, 1.807) is 18.3 Å². The standard InChI is InChI=1S/C21H17BrFNO2/c22-19-9-8-18(21(23)12-19)15-26-24-13-16-6-10-20(11-7-16)25-14-17-4-2-1-3-5-17/h1-13H,14-15H2/b24-13-. The maximum absolute atomic E-state index is 13.7. The highest BCUT2D eigenvalue weighted by Crippen LogP contribution is 2.16. The third-order valence-electron chi connectivity index (χ3n) is 3.64. The van der Waals surface area contributed by atoms with Crippen molar-refractivity contribution in [3.8, 4) is 5.75 Å². The number of hydrogen-bond donors (Lipinski definition) is 0. The maximum atomic E-state index is 13.7. The van der Waals surface area contributed by atoms with E-state index in [-0.39, 0.29) is 12.4 Å². The lowest BCUT2D eigenvalue weighted by Crippen LogP contribution is -1.95. The van der Waals surface area contributed by atoms with Gasteiger partial charge in [0.1, 0.15) is 24.8 Å². The van der Waals surface area contributed by atoms with Gasteiger partial charge >= 0.3 is 0 Å². The second kappa shape index (κ2) is 9.15. The number of ether oxygens (including phenoxy) is 1. The van der Waals surface area contributed by atoms with Crippen molar-refractivity contribution < 1.29 is 14.0 Å². The van der Waals surface area contributed by atoms with Crippen LogP contribution in [-0.4, -0.2) is 6.21 Å². The van der Waals surface area contributed by atoms with Crippen LogP contribution >= 0.6 is 15.9 Å². The van der Waals surface area contributed by atoms with Crippen LogP contribution in [0, 0.1) is 5.82 Å². The Balaban J connectivity index is 1.48. The van der Waals surface area contributed by atoms with Crippen LogP contribution in [-0.2, 0) is 18.1 Å². The Hall–Kier alpha value is -2.66. The van der Waals surface area contributed by atoms with Crippen molar-refractivity contribution in [1.82, 2.24) is 0 Å². The van der Waals surface area contributed by atoms with E-state index in [4.69, 9.17) is 9.57 Å². The number of oxime groups is 1. The summed E-state index contributed by atoms with van der Waals surface area (Å²) in [4.78, 5) is 5.16. The zero-order valence-electron chi connectivity index (χ0n) is 13.9. The van der Waals surface area contributed by atoms with E-state index >= 15 is 0 Å². The van der Waals surface area contributed by atoms with Gasteiger partial charge in [-0.05, 0) is 47.5 Å². The molecule has 5 heteroatoms. The monoisotopic (exact) mass is 413 g/mol. The van der Waals surface area contributed by atoms with Crippen LogP contribution in [0.15, 0.2) is 82.4 Å². The van der Waals surface area contributed by atoms with Crippen LogP contribution in [0.5, 0.6) is 5.75 Å². The summed E-state index contributed by atoms with van der Waals surface area (Å²) in [6.45, 7) is 0.601. The summed E-state index contributed by atoms with van der Waals surface area (Å²) in [7, 11) is 0. The molecule has 3 rings (SSSR count). The highest BCUT2D eigenvalue weighted by molar-refractivity contribution is 9.10. The topological polar surface area (TPSA) is 30.8 Å². The third-order valence-corrected chi connectivity index (χ3v) is 4.13. The van der Waals surface area contributed by atoms with Crippen LogP contribution in [0.3, 0.4) is 0 Å². The Labute approximate surface area is 160 Å². The molecule has 0 saturated carbocycles. The van der Waals surface area contributed by atoms with Gasteiger partial charge in [-0.15, -0.1) is 0 Å². The molecule has 3 aromatic carbocycles. The molecule has 0 atom stereocenters. The largest absolute Gasteiger partial charge is 0.489 e. The number of halogens is 2. The molecular formula is C21H17BrFNO2. The molecule has 0 aliphatic rings. The molecule has 0 heterocycles.